The first-order valence-corrected chi connectivity index (χ1v) is 9.14. The molecule has 0 spiro atoms. The second kappa shape index (κ2) is 6.62. The number of fused-ring (bicyclic) bond motifs is 2. The molecule has 3 saturated heterocycles. The molecule has 0 saturated carbocycles. The summed E-state index contributed by atoms with van der Waals surface area (Å²) in [6.45, 7) is 5.13. The van der Waals surface area contributed by atoms with E-state index >= 15 is 0 Å². The van der Waals surface area contributed by atoms with Crippen LogP contribution >= 0.6 is 0 Å². The number of carbonyl (C=O) groups is 1. The van der Waals surface area contributed by atoms with Crippen molar-refractivity contribution >= 4 is 5.91 Å². The van der Waals surface area contributed by atoms with Crippen molar-refractivity contribution in [3.63, 3.8) is 0 Å². The summed E-state index contributed by atoms with van der Waals surface area (Å²) in [5, 5.41) is 3.65. The van der Waals surface area contributed by atoms with Crippen LogP contribution < -0.4 is 5.32 Å². The third-order valence-corrected chi connectivity index (χ3v) is 5.59. The fourth-order valence-electron chi connectivity index (χ4n) is 4.31. The predicted molar refractivity (Wildman–Crippen MR) is 91.4 cm³/mol. The van der Waals surface area contributed by atoms with Crippen LogP contribution in [0.2, 0.25) is 0 Å². The van der Waals surface area contributed by atoms with Crippen molar-refractivity contribution in [1.82, 2.24) is 15.1 Å². The number of amides is 1. The number of likely N-dealkylation sites (tertiary alicyclic amines) is 2. The van der Waals surface area contributed by atoms with Crippen molar-refractivity contribution in [1.29, 1.82) is 0 Å². The highest BCUT2D eigenvalue weighted by atomic mass is 16.2. The van der Waals surface area contributed by atoms with E-state index in [2.05, 4.69) is 27.2 Å². The Bertz CT molecular complexity index is 567. The Morgan fingerprint density at radius 1 is 1.09 bits per heavy atom. The minimum absolute atomic E-state index is 0.211. The van der Waals surface area contributed by atoms with E-state index in [4.69, 9.17) is 0 Å². The molecule has 2 atom stereocenters. The Kier molecular flexibility index (Phi) is 4.36. The lowest BCUT2D eigenvalue weighted by molar-refractivity contribution is 0.0748. The summed E-state index contributed by atoms with van der Waals surface area (Å²) in [6.07, 6.45) is 6.20. The molecule has 1 N–H and O–H groups in total. The summed E-state index contributed by atoms with van der Waals surface area (Å²) < 4.78 is 0. The molecule has 1 aromatic rings. The zero-order valence-corrected chi connectivity index (χ0v) is 13.8. The number of benzene rings is 1. The fraction of sp³-hybridized carbons (Fsp3) is 0.632. The van der Waals surface area contributed by atoms with E-state index in [1.54, 1.807) is 0 Å². The largest absolute Gasteiger partial charge is 0.337 e. The van der Waals surface area contributed by atoms with Gasteiger partial charge in [0.25, 0.3) is 5.91 Å². The Hall–Kier alpha value is -1.39. The molecule has 1 amide bonds. The normalized spacial score (nSPS) is 28.1. The van der Waals surface area contributed by atoms with Gasteiger partial charge in [0.05, 0.1) is 0 Å². The number of rotatable bonds is 3. The zero-order valence-electron chi connectivity index (χ0n) is 13.8. The molecular formula is C19H27N3O. The van der Waals surface area contributed by atoms with Gasteiger partial charge in [0, 0.05) is 37.3 Å². The maximum atomic E-state index is 12.9. The van der Waals surface area contributed by atoms with Crippen molar-refractivity contribution in [2.24, 2.45) is 0 Å². The molecular weight excluding hydrogens is 286 g/mol. The van der Waals surface area contributed by atoms with Gasteiger partial charge in [0.1, 0.15) is 0 Å². The predicted octanol–water partition coefficient (Wildman–Crippen LogP) is 2.25. The van der Waals surface area contributed by atoms with E-state index in [9.17, 15) is 4.79 Å². The maximum Gasteiger partial charge on any atom is 0.253 e. The first-order chi connectivity index (χ1) is 11.3. The second-order valence-electron chi connectivity index (χ2n) is 7.36. The Balaban J connectivity index is 1.45. The third kappa shape index (κ3) is 3.43. The first kappa shape index (κ1) is 15.2. The molecule has 4 rings (SSSR count). The number of hydrogen-bond donors (Lipinski definition) is 1. The lowest BCUT2D eigenvalue weighted by Crippen LogP contribution is -2.39. The van der Waals surface area contributed by atoms with Gasteiger partial charge in [-0.3, -0.25) is 9.69 Å². The maximum absolute atomic E-state index is 12.9. The minimum Gasteiger partial charge on any atom is -0.337 e. The minimum atomic E-state index is 0.211. The van der Waals surface area contributed by atoms with E-state index < -0.39 is 0 Å². The summed E-state index contributed by atoms with van der Waals surface area (Å²) in [6, 6.07) is 9.41. The van der Waals surface area contributed by atoms with Crippen molar-refractivity contribution in [2.75, 3.05) is 26.2 Å². The van der Waals surface area contributed by atoms with Gasteiger partial charge >= 0.3 is 0 Å². The number of nitrogens with zero attached hydrogens (tertiary/aromatic N) is 2. The SMILES string of the molecule is O=C(c1cccc(CN2CCCC2)c1)N1CCC2CCC(C1)N2. The molecule has 4 heteroatoms. The van der Waals surface area contributed by atoms with Crippen LogP contribution in [0.1, 0.15) is 48.0 Å². The van der Waals surface area contributed by atoms with Crippen LogP contribution in [0.15, 0.2) is 24.3 Å². The average Bonchev–Trinajstić information content (AvgIpc) is 3.16. The van der Waals surface area contributed by atoms with Crippen LogP contribution in [0.25, 0.3) is 0 Å². The molecule has 1 aromatic carbocycles. The van der Waals surface area contributed by atoms with Crippen LogP contribution in [-0.2, 0) is 6.54 Å². The van der Waals surface area contributed by atoms with Gasteiger partial charge in [0.2, 0.25) is 0 Å². The molecule has 0 aromatic heterocycles. The Morgan fingerprint density at radius 2 is 1.91 bits per heavy atom. The Morgan fingerprint density at radius 3 is 2.78 bits per heavy atom. The van der Waals surface area contributed by atoms with E-state index in [1.165, 1.54) is 44.3 Å². The summed E-state index contributed by atoms with van der Waals surface area (Å²) >= 11 is 0. The van der Waals surface area contributed by atoms with E-state index in [0.29, 0.717) is 12.1 Å². The molecule has 3 heterocycles. The van der Waals surface area contributed by atoms with Crippen LogP contribution in [-0.4, -0.2) is 54.0 Å². The molecule has 0 radical (unpaired) electrons. The van der Waals surface area contributed by atoms with Crippen molar-refractivity contribution in [3.05, 3.63) is 35.4 Å². The Labute approximate surface area is 138 Å². The summed E-state index contributed by atoms with van der Waals surface area (Å²) in [7, 11) is 0. The van der Waals surface area contributed by atoms with Gasteiger partial charge in [0.15, 0.2) is 0 Å². The number of carbonyl (C=O) groups excluding carboxylic acids is 1. The monoisotopic (exact) mass is 313 g/mol. The quantitative estimate of drug-likeness (QED) is 0.930. The van der Waals surface area contributed by atoms with Gasteiger partial charge in [-0.15, -0.1) is 0 Å². The first-order valence-electron chi connectivity index (χ1n) is 9.14. The zero-order chi connectivity index (χ0) is 15.6. The lowest BCUT2D eigenvalue weighted by Gasteiger charge is -2.24. The van der Waals surface area contributed by atoms with Crippen LogP contribution in [0.4, 0.5) is 0 Å². The average molecular weight is 313 g/mol. The molecule has 124 valence electrons. The molecule has 2 unspecified atom stereocenters. The number of nitrogens with one attached hydrogen (secondary N) is 1. The molecule has 3 aliphatic rings. The van der Waals surface area contributed by atoms with Gasteiger partial charge < -0.3 is 10.2 Å². The topological polar surface area (TPSA) is 35.6 Å². The van der Waals surface area contributed by atoms with Crippen LogP contribution in [0.3, 0.4) is 0 Å². The smallest absolute Gasteiger partial charge is 0.253 e. The fourth-order valence-corrected chi connectivity index (χ4v) is 4.31. The highest BCUT2D eigenvalue weighted by Crippen LogP contribution is 2.22. The molecule has 4 nitrogen and oxygen atoms in total. The summed E-state index contributed by atoms with van der Waals surface area (Å²) in [4.78, 5) is 17.4. The van der Waals surface area contributed by atoms with Crippen LogP contribution in [0, 0.1) is 0 Å². The molecule has 23 heavy (non-hydrogen) atoms. The lowest BCUT2D eigenvalue weighted by atomic mass is 10.1. The van der Waals surface area contributed by atoms with Gasteiger partial charge in [-0.05, 0) is 62.9 Å². The third-order valence-electron chi connectivity index (χ3n) is 5.59. The van der Waals surface area contributed by atoms with Gasteiger partial charge in [-0.2, -0.15) is 0 Å². The van der Waals surface area contributed by atoms with Gasteiger partial charge in [-0.1, -0.05) is 12.1 Å². The molecule has 3 aliphatic heterocycles. The van der Waals surface area contributed by atoms with Crippen molar-refractivity contribution < 1.29 is 4.79 Å². The highest BCUT2D eigenvalue weighted by Gasteiger charge is 2.31. The molecule has 2 bridgehead atoms. The molecule has 3 fully saturated rings. The van der Waals surface area contributed by atoms with E-state index in [-0.39, 0.29) is 5.91 Å². The van der Waals surface area contributed by atoms with Crippen molar-refractivity contribution in [3.8, 4) is 0 Å². The highest BCUT2D eigenvalue weighted by molar-refractivity contribution is 5.94. The van der Waals surface area contributed by atoms with E-state index in [0.717, 1.165) is 31.6 Å². The standard InChI is InChI=1S/C19H27N3O/c23-19(22-11-8-17-6-7-18(14-22)20-17)16-5-3-4-15(12-16)13-21-9-1-2-10-21/h3-5,12,17-18,20H,1-2,6-11,13-14H2. The second-order valence-corrected chi connectivity index (χ2v) is 7.36. The summed E-state index contributed by atoms with van der Waals surface area (Å²) in [5.41, 5.74) is 2.13. The van der Waals surface area contributed by atoms with Gasteiger partial charge in [-0.25, -0.2) is 0 Å². The van der Waals surface area contributed by atoms with Crippen LogP contribution in [0.5, 0.6) is 0 Å². The molecule has 0 aliphatic carbocycles. The number of hydrogen-bond acceptors (Lipinski definition) is 3. The van der Waals surface area contributed by atoms with E-state index in [1.807, 2.05) is 12.1 Å². The van der Waals surface area contributed by atoms with Crippen molar-refractivity contribution in [2.45, 2.75) is 50.7 Å². The summed E-state index contributed by atoms with van der Waals surface area (Å²) in [5.74, 6) is 0.211.